The van der Waals surface area contributed by atoms with Gasteiger partial charge in [0.25, 0.3) is 0 Å². The van der Waals surface area contributed by atoms with Crippen LogP contribution in [0.5, 0.6) is 0 Å². The first-order valence-electron chi connectivity index (χ1n) is 6.91. The van der Waals surface area contributed by atoms with Crippen LogP contribution in [0.3, 0.4) is 0 Å². The molecule has 0 saturated carbocycles. The van der Waals surface area contributed by atoms with Crippen LogP contribution in [-0.2, 0) is 16.1 Å². The molecule has 0 saturated heterocycles. The number of unbranched alkanes of at least 4 members (excludes halogenated alkanes) is 1. The first-order valence-corrected chi connectivity index (χ1v) is 7.54. The number of rotatable bonds is 8. The number of carboxylic acid groups (broad SMARTS) is 1. The highest BCUT2D eigenvalue weighted by molar-refractivity contribution is 7.80. The second kappa shape index (κ2) is 9.28. The Bertz CT molecular complexity index is 452. The van der Waals surface area contributed by atoms with Crippen molar-refractivity contribution in [3.8, 4) is 0 Å². The maximum Gasteiger partial charge on any atom is 0.410 e. The highest BCUT2D eigenvalue weighted by atomic mass is 32.1. The van der Waals surface area contributed by atoms with Gasteiger partial charge in [-0.25, -0.2) is 9.59 Å². The molecule has 21 heavy (non-hydrogen) atoms. The monoisotopic (exact) mass is 311 g/mol. The van der Waals surface area contributed by atoms with Gasteiger partial charge in [0, 0.05) is 12.3 Å². The van der Waals surface area contributed by atoms with Gasteiger partial charge in [-0.3, -0.25) is 4.90 Å². The zero-order valence-electron chi connectivity index (χ0n) is 12.1. The summed E-state index contributed by atoms with van der Waals surface area (Å²) in [5, 5.41) is 9.24. The first kappa shape index (κ1) is 17.4. The summed E-state index contributed by atoms with van der Waals surface area (Å²) in [6.45, 7) is 2.46. The quantitative estimate of drug-likeness (QED) is 0.572. The fourth-order valence-electron chi connectivity index (χ4n) is 1.78. The van der Waals surface area contributed by atoms with E-state index in [0.29, 0.717) is 6.61 Å². The predicted octanol–water partition coefficient (Wildman–Crippen LogP) is 2.81. The average molecular weight is 311 g/mol. The van der Waals surface area contributed by atoms with Crippen LogP contribution in [-0.4, -0.2) is 40.5 Å². The van der Waals surface area contributed by atoms with E-state index >= 15 is 0 Å². The second-order valence-electron chi connectivity index (χ2n) is 4.62. The molecular formula is C15H21NO4S. The molecule has 116 valence electrons. The summed E-state index contributed by atoms with van der Waals surface area (Å²) in [7, 11) is 0. The van der Waals surface area contributed by atoms with Gasteiger partial charge < -0.3 is 9.84 Å². The van der Waals surface area contributed by atoms with Crippen LogP contribution in [0.25, 0.3) is 0 Å². The third kappa shape index (κ3) is 5.67. The van der Waals surface area contributed by atoms with Gasteiger partial charge in [-0.2, -0.15) is 12.6 Å². The minimum Gasteiger partial charge on any atom is -0.480 e. The van der Waals surface area contributed by atoms with E-state index in [2.05, 4.69) is 12.6 Å². The molecule has 0 bridgehead atoms. The molecule has 0 aliphatic rings. The molecule has 1 rings (SSSR count). The Hall–Kier alpha value is -1.69. The predicted molar refractivity (Wildman–Crippen MR) is 83.5 cm³/mol. The lowest BCUT2D eigenvalue weighted by Crippen LogP contribution is -2.46. The number of amides is 1. The van der Waals surface area contributed by atoms with Crippen LogP contribution < -0.4 is 0 Å². The van der Waals surface area contributed by atoms with Crippen LogP contribution in [0.15, 0.2) is 30.3 Å². The fourth-order valence-corrected chi connectivity index (χ4v) is 2.13. The molecule has 1 atom stereocenters. The van der Waals surface area contributed by atoms with Crippen molar-refractivity contribution in [3.63, 3.8) is 0 Å². The standard InChI is InChI=1S/C15H21NO4S/c1-2-3-9-20-15(19)16(13(11-21)14(17)18)10-12-7-5-4-6-8-12/h4-8,13,21H,2-3,9-11H2,1H3,(H,17,18)/t13-/m1/s1. The maximum absolute atomic E-state index is 12.1. The number of hydrogen-bond donors (Lipinski definition) is 2. The third-order valence-electron chi connectivity index (χ3n) is 2.99. The van der Waals surface area contributed by atoms with E-state index < -0.39 is 18.1 Å². The Kier molecular flexibility index (Phi) is 7.68. The molecular weight excluding hydrogens is 290 g/mol. The van der Waals surface area contributed by atoms with Crippen molar-refractivity contribution < 1.29 is 19.4 Å². The van der Waals surface area contributed by atoms with E-state index in [4.69, 9.17) is 4.74 Å². The molecule has 1 aromatic carbocycles. The molecule has 1 amide bonds. The lowest BCUT2D eigenvalue weighted by molar-refractivity contribution is -0.142. The summed E-state index contributed by atoms with van der Waals surface area (Å²) in [5.41, 5.74) is 0.845. The van der Waals surface area contributed by atoms with Crippen molar-refractivity contribution in [2.45, 2.75) is 32.4 Å². The van der Waals surface area contributed by atoms with Crippen LogP contribution >= 0.6 is 12.6 Å². The average Bonchev–Trinajstić information content (AvgIpc) is 2.48. The highest BCUT2D eigenvalue weighted by Gasteiger charge is 2.29. The molecule has 0 aromatic heterocycles. The summed E-state index contributed by atoms with van der Waals surface area (Å²) in [5.74, 6) is -1.06. The number of ether oxygens (including phenoxy) is 1. The Morgan fingerprint density at radius 3 is 2.52 bits per heavy atom. The van der Waals surface area contributed by atoms with Gasteiger partial charge >= 0.3 is 12.1 Å². The molecule has 0 fully saturated rings. The molecule has 5 nitrogen and oxygen atoms in total. The normalized spacial score (nSPS) is 11.7. The minimum atomic E-state index is -1.09. The van der Waals surface area contributed by atoms with Crippen molar-refractivity contribution in [1.29, 1.82) is 0 Å². The minimum absolute atomic E-state index is 0.0328. The lowest BCUT2D eigenvalue weighted by atomic mass is 10.2. The van der Waals surface area contributed by atoms with Gasteiger partial charge in [0.05, 0.1) is 6.61 Å². The summed E-state index contributed by atoms with van der Waals surface area (Å²) in [6.07, 6.45) is 1.04. The van der Waals surface area contributed by atoms with E-state index in [9.17, 15) is 14.7 Å². The van der Waals surface area contributed by atoms with Gasteiger partial charge in [0.1, 0.15) is 6.04 Å². The van der Waals surface area contributed by atoms with Crippen LogP contribution in [0, 0.1) is 0 Å². The zero-order valence-corrected chi connectivity index (χ0v) is 13.0. The van der Waals surface area contributed by atoms with Crippen LogP contribution in [0.1, 0.15) is 25.3 Å². The van der Waals surface area contributed by atoms with Crippen molar-refractivity contribution in [1.82, 2.24) is 4.90 Å². The molecule has 0 aliphatic heterocycles. The Balaban J connectivity index is 2.83. The largest absolute Gasteiger partial charge is 0.480 e. The molecule has 0 unspecified atom stereocenters. The van der Waals surface area contributed by atoms with Gasteiger partial charge in [0.2, 0.25) is 0 Å². The van der Waals surface area contributed by atoms with Crippen molar-refractivity contribution in [2.75, 3.05) is 12.4 Å². The topological polar surface area (TPSA) is 66.8 Å². The van der Waals surface area contributed by atoms with Crippen LogP contribution in [0.4, 0.5) is 4.79 Å². The Morgan fingerprint density at radius 2 is 2.00 bits per heavy atom. The fraction of sp³-hybridized carbons (Fsp3) is 0.467. The zero-order chi connectivity index (χ0) is 15.7. The summed E-state index contributed by atoms with van der Waals surface area (Å²) in [4.78, 5) is 24.6. The summed E-state index contributed by atoms with van der Waals surface area (Å²) in [6, 6.07) is 8.20. The van der Waals surface area contributed by atoms with Gasteiger partial charge in [0.15, 0.2) is 0 Å². The van der Waals surface area contributed by atoms with Crippen LogP contribution in [0.2, 0.25) is 0 Å². The van der Waals surface area contributed by atoms with E-state index in [1.165, 1.54) is 4.90 Å². The van der Waals surface area contributed by atoms with Gasteiger partial charge in [-0.1, -0.05) is 43.7 Å². The highest BCUT2D eigenvalue weighted by Crippen LogP contribution is 2.12. The SMILES string of the molecule is CCCCOC(=O)N(Cc1ccccc1)[C@H](CS)C(=O)O. The van der Waals surface area contributed by atoms with E-state index in [-0.39, 0.29) is 12.3 Å². The number of benzene rings is 1. The number of aliphatic carboxylic acids is 1. The Morgan fingerprint density at radius 1 is 1.33 bits per heavy atom. The van der Waals surface area contributed by atoms with Crippen molar-refractivity contribution >= 4 is 24.7 Å². The third-order valence-corrected chi connectivity index (χ3v) is 3.33. The maximum atomic E-state index is 12.1. The Labute approximate surface area is 130 Å². The lowest BCUT2D eigenvalue weighted by Gasteiger charge is -2.27. The van der Waals surface area contributed by atoms with Crippen molar-refractivity contribution in [2.24, 2.45) is 0 Å². The number of carboxylic acids is 1. The van der Waals surface area contributed by atoms with E-state index in [1.54, 1.807) is 0 Å². The number of carbonyl (C=O) groups is 2. The van der Waals surface area contributed by atoms with Crippen molar-refractivity contribution in [3.05, 3.63) is 35.9 Å². The second-order valence-corrected chi connectivity index (χ2v) is 4.98. The van der Waals surface area contributed by atoms with Gasteiger partial charge in [-0.15, -0.1) is 0 Å². The smallest absolute Gasteiger partial charge is 0.410 e. The number of nitrogens with zero attached hydrogens (tertiary/aromatic N) is 1. The molecule has 0 radical (unpaired) electrons. The summed E-state index contributed by atoms with van der Waals surface area (Å²) >= 11 is 4.03. The van der Waals surface area contributed by atoms with E-state index in [0.717, 1.165) is 18.4 Å². The molecule has 0 aliphatic carbocycles. The first-order chi connectivity index (χ1) is 10.1. The number of carbonyl (C=O) groups excluding carboxylic acids is 1. The number of thiol groups is 1. The summed E-state index contributed by atoms with van der Waals surface area (Å²) < 4.78 is 5.14. The number of hydrogen-bond acceptors (Lipinski definition) is 4. The van der Waals surface area contributed by atoms with Gasteiger partial charge in [-0.05, 0) is 12.0 Å². The molecule has 0 spiro atoms. The van der Waals surface area contributed by atoms with E-state index in [1.807, 2.05) is 37.3 Å². The molecule has 0 heterocycles. The molecule has 6 heteroatoms. The molecule has 1 aromatic rings. The molecule has 1 N–H and O–H groups in total.